The van der Waals surface area contributed by atoms with Crippen LogP contribution >= 0.6 is 0 Å². The van der Waals surface area contributed by atoms with Gasteiger partial charge in [0.15, 0.2) is 0 Å². The van der Waals surface area contributed by atoms with E-state index in [-0.39, 0.29) is 17.7 Å². The molecule has 1 N–H and O–H groups in total. The fourth-order valence-corrected chi connectivity index (χ4v) is 5.02. The number of anilines is 1. The Morgan fingerprint density at radius 1 is 1.03 bits per heavy atom. The molecule has 186 valence electrons. The van der Waals surface area contributed by atoms with Gasteiger partial charge in [-0.3, -0.25) is 14.4 Å². The first-order valence-electron chi connectivity index (χ1n) is 12.8. The number of aliphatic carboxylic acids is 1. The van der Waals surface area contributed by atoms with Gasteiger partial charge in [0.1, 0.15) is 0 Å². The van der Waals surface area contributed by atoms with Gasteiger partial charge in [0.2, 0.25) is 5.91 Å². The smallest absolute Gasteiger partial charge is 0.309 e. The van der Waals surface area contributed by atoms with Gasteiger partial charge in [-0.15, -0.1) is 0 Å². The van der Waals surface area contributed by atoms with Crippen LogP contribution in [0.3, 0.4) is 0 Å². The van der Waals surface area contributed by atoms with Crippen molar-refractivity contribution in [3.63, 3.8) is 0 Å². The Hall–Kier alpha value is -3.15. The number of carboxylic acid groups (broad SMARTS) is 1. The number of carboxylic acids is 1. The SMILES string of the molecule is CCN(C(=O)[C@H]1CCN(C(=O)c2ccc(CCCC(C)(C)C(=O)O)cc2)c2ccccc21)C1CC1. The van der Waals surface area contributed by atoms with E-state index in [0.29, 0.717) is 31.0 Å². The fraction of sp³-hybridized carbons (Fsp3) is 0.483. The van der Waals surface area contributed by atoms with Crippen molar-refractivity contribution in [1.29, 1.82) is 0 Å². The Bertz CT molecular complexity index is 1090. The third kappa shape index (κ3) is 5.42. The summed E-state index contributed by atoms with van der Waals surface area (Å²) in [5, 5.41) is 9.28. The van der Waals surface area contributed by atoms with E-state index in [4.69, 9.17) is 0 Å². The molecule has 4 rings (SSSR count). The Labute approximate surface area is 207 Å². The van der Waals surface area contributed by atoms with Gasteiger partial charge >= 0.3 is 5.97 Å². The predicted molar refractivity (Wildman–Crippen MR) is 137 cm³/mol. The highest BCUT2D eigenvalue weighted by atomic mass is 16.4. The van der Waals surface area contributed by atoms with E-state index >= 15 is 0 Å². The van der Waals surface area contributed by atoms with E-state index in [2.05, 4.69) is 0 Å². The number of hydrogen-bond donors (Lipinski definition) is 1. The van der Waals surface area contributed by atoms with Crippen LogP contribution in [0.5, 0.6) is 0 Å². The summed E-state index contributed by atoms with van der Waals surface area (Å²) < 4.78 is 0. The lowest BCUT2D eigenvalue weighted by Gasteiger charge is -2.36. The van der Waals surface area contributed by atoms with E-state index in [1.807, 2.05) is 60.4 Å². The summed E-state index contributed by atoms with van der Waals surface area (Å²) in [6.45, 7) is 6.78. The Balaban J connectivity index is 1.45. The molecule has 0 radical (unpaired) electrons. The van der Waals surface area contributed by atoms with Gasteiger partial charge in [-0.2, -0.15) is 0 Å². The maximum absolute atomic E-state index is 13.4. The second kappa shape index (κ2) is 10.2. The van der Waals surface area contributed by atoms with Crippen LogP contribution in [0.2, 0.25) is 0 Å². The monoisotopic (exact) mass is 476 g/mol. The molecule has 6 nitrogen and oxygen atoms in total. The fourth-order valence-electron chi connectivity index (χ4n) is 5.02. The van der Waals surface area contributed by atoms with E-state index < -0.39 is 11.4 Å². The lowest BCUT2D eigenvalue weighted by atomic mass is 9.86. The highest BCUT2D eigenvalue weighted by molar-refractivity contribution is 6.07. The largest absolute Gasteiger partial charge is 0.481 e. The number of carbonyl (C=O) groups excluding carboxylic acids is 2. The van der Waals surface area contributed by atoms with Crippen molar-refractivity contribution in [3.05, 3.63) is 65.2 Å². The van der Waals surface area contributed by atoms with Crippen molar-refractivity contribution in [3.8, 4) is 0 Å². The molecule has 6 heteroatoms. The molecule has 1 saturated carbocycles. The van der Waals surface area contributed by atoms with Crippen LogP contribution in [0, 0.1) is 5.41 Å². The molecule has 1 atom stereocenters. The van der Waals surface area contributed by atoms with Crippen molar-refractivity contribution in [2.24, 2.45) is 5.41 Å². The minimum atomic E-state index is -0.779. The standard InChI is InChI=1S/C29H36N2O4/c1-4-30(22-15-16-22)27(33)24-17-19-31(25-10-6-5-9-23(24)25)26(32)21-13-11-20(12-14-21)8-7-18-29(2,3)28(34)35/h5-6,9-14,22,24H,4,7-8,15-19H2,1-3H3,(H,34,35)/t24-/m0/s1. The molecule has 35 heavy (non-hydrogen) atoms. The summed E-state index contributed by atoms with van der Waals surface area (Å²) in [6, 6.07) is 15.8. The molecule has 2 aliphatic rings. The highest BCUT2D eigenvalue weighted by Gasteiger charge is 2.39. The zero-order valence-corrected chi connectivity index (χ0v) is 21.0. The number of carbonyl (C=O) groups is 3. The van der Waals surface area contributed by atoms with Gasteiger partial charge in [0.25, 0.3) is 5.91 Å². The number of benzene rings is 2. The molecule has 2 aromatic rings. The number of aryl methyl sites for hydroxylation is 1. The summed E-state index contributed by atoms with van der Waals surface area (Å²) in [6.07, 6.45) is 4.96. The first-order chi connectivity index (χ1) is 16.7. The number of rotatable bonds is 9. The summed E-state index contributed by atoms with van der Waals surface area (Å²) >= 11 is 0. The molecule has 0 bridgehead atoms. The maximum atomic E-state index is 13.4. The number of hydrogen-bond acceptors (Lipinski definition) is 3. The first-order valence-corrected chi connectivity index (χ1v) is 12.8. The van der Waals surface area contributed by atoms with Crippen molar-refractivity contribution in [1.82, 2.24) is 4.90 Å². The molecular weight excluding hydrogens is 440 g/mol. The lowest BCUT2D eigenvalue weighted by molar-refractivity contribution is -0.147. The number of amides is 2. The van der Waals surface area contributed by atoms with Crippen LogP contribution in [0.15, 0.2) is 48.5 Å². The Kier molecular flexibility index (Phi) is 7.29. The third-order valence-electron chi connectivity index (χ3n) is 7.45. The number of nitrogens with zero attached hydrogens (tertiary/aromatic N) is 2. The average molecular weight is 477 g/mol. The predicted octanol–water partition coefficient (Wildman–Crippen LogP) is 5.27. The van der Waals surface area contributed by atoms with Crippen LogP contribution in [-0.4, -0.2) is 46.9 Å². The summed E-state index contributed by atoms with van der Waals surface area (Å²) in [7, 11) is 0. The molecule has 0 unspecified atom stereocenters. The van der Waals surface area contributed by atoms with Crippen LogP contribution in [0.25, 0.3) is 0 Å². The Morgan fingerprint density at radius 2 is 1.71 bits per heavy atom. The van der Waals surface area contributed by atoms with Crippen LogP contribution in [0.4, 0.5) is 5.69 Å². The summed E-state index contributed by atoms with van der Waals surface area (Å²) in [4.78, 5) is 41.9. The van der Waals surface area contributed by atoms with E-state index in [9.17, 15) is 19.5 Å². The zero-order valence-electron chi connectivity index (χ0n) is 21.0. The van der Waals surface area contributed by atoms with Gasteiger partial charge in [-0.1, -0.05) is 30.3 Å². The van der Waals surface area contributed by atoms with Gasteiger partial charge in [-0.25, -0.2) is 0 Å². The molecule has 0 saturated heterocycles. The Morgan fingerprint density at radius 3 is 2.34 bits per heavy atom. The topological polar surface area (TPSA) is 77.9 Å². The highest BCUT2D eigenvalue weighted by Crippen LogP contribution is 2.39. The molecule has 0 spiro atoms. The minimum absolute atomic E-state index is 0.0588. The van der Waals surface area contributed by atoms with Gasteiger partial charge in [0, 0.05) is 30.4 Å². The summed E-state index contributed by atoms with van der Waals surface area (Å²) in [5.41, 5.74) is 2.74. The van der Waals surface area contributed by atoms with Crippen molar-refractivity contribution in [2.45, 2.75) is 71.3 Å². The van der Waals surface area contributed by atoms with Crippen molar-refractivity contribution >= 4 is 23.5 Å². The van der Waals surface area contributed by atoms with Crippen molar-refractivity contribution in [2.75, 3.05) is 18.0 Å². The normalized spacial score (nSPS) is 17.6. The minimum Gasteiger partial charge on any atom is -0.481 e. The average Bonchev–Trinajstić information content (AvgIpc) is 3.69. The summed E-state index contributed by atoms with van der Waals surface area (Å²) in [5.74, 6) is -0.853. The van der Waals surface area contributed by atoms with E-state index in [1.165, 1.54) is 0 Å². The molecule has 1 fully saturated rings. The van der Waals surface area contributed by atoms with Crippen LogP contribution in [0.1, 0.15) is 80.3 Å². The molecular formula is C29H36N2O4. The molecule has 1 heterocycles. The number of likely N-dealkylation sites (N-methyl/N-ethyl adjacent to an activating group) is 1. The van der Waals surface area contributed by atoms with Crippen LogP contribution < -0.4 is 4.90 Å². The van der Waals surface area contributed by atoms with Gasteiger partial charge < -0.3 is 14.9 Å². The van der Waals surface area contributed by atoms with Crippen molar-refractivity contribution < 1.29 is 19.5 Å². The molecule has 1 aliphatic carbocycles. The van der Waals surface area contributed by atoms with E-state index in [1.54, 1.807) is 18.7 Å². The molecule has 2 amide bonds. The maximum Gasteiger partial charge on any atom is 0.309 e. The zero-order chi connectivity index (χ0) is 25.2. The lowest BCUT2D eigenvalue weighted by Crippen LogP contribution is -2.43. The quantitative estimate of drug-likeness (QED) is 0.535. The molecule has 1 aliphatic heterocycles. The number of fused-ring (bicyclic) bond motifs is 1. The third-order valence-corrected chi connectivity index (χ3v) is 7.45. The first kappa shape index (κ1) is 25.0. The second-order valence-electron chi connectivity index (χ2n) is 10.5. The van der Waals surface area contributed by atoms with Gasteiger partial charge in [-0.05, 0) is 88.6 Å². The second-order valence-corrected chi connectivity index (χ2v) is 10.5. The van der Waals surface area contributed by atoms with Crippen LogP contribution in [-0.2, 0) is 16.0 Å². The van der Waals surface area contributed by atoms with E-state index in [0.717, 1.165) is 49.0 Å². The molecule has 0 aromatic heterocycles. The van der Waals surface area contributed by atoms with Gasteiger partial charge in [0.05, 0.1) is 11.3 Å². The molecule has 2 aromatic carbocycles. The number of para-hydroxylation sites is 1.